The van der Waals surface area contributed by atoms with Crippen molar-refractivity contribution in [3.8, 4) is 0 Å². The van der Waals surface area contributed by atoms with E-state index in [-0.39, 0.29) is 18.1 Å². The lowest BCUT2D eigenvalue weighted by Crippen LogP contribution is -2.65. The molecule has 6 aromatic rings. The van der Waals surface area contributed by atoms with Crippen LogP contribution in [0.1, 0.15) is 35.1 Å². The number of carbonyl (C=O) groups is 1. The fourth-order valence-electron chi connectivity index (χ4n) is 6.59. The first-order chi connectivity index (χ1) is 21.6. The third-order valence-corrected chi connectivity index (χ3v) is 8.94. The number of amides is 2. The summed E-state index contributed by atoms with van der Waals surface area (Å²) in [5.74, 6) is 0. The summed E-state index contributed by atoms with van der Waals surface area (Å²) in [7, 11) is 0. The molecule has 222 valence electrons. The Morgan fingerprint density at radius 2 is 1.07 bits per heavy atom. The number of carbonyl (C=O) groups excluding carboxylic acids is 1. The van der Waals surface area contributed by atoms with Crippen molar-refractivity contribution in [3.63, 3.8) is 0 Å². The summed E-state index contributed by atoms with van der Waals surface area (Å²) < 4.78 is 0. The van der Waals surface area contributed by atoms with Gasteiger partial charge in [0, 0.05) is 23.9 Å². The van der Waals surface area contributed by atoms with Gasteiger partial charge >= 0.3 is 6.03 Å². The quantitative estimate of drug-likeness (QED) is 0.177. The molecule has 0 bridgehead atoms. The van der Waals surface area contributed by atoms with Gasteiger partial charge in [-0.25, -0.2) is 4.79 Å². The summed E-state index contributed by atoms with van der Waals surface area (Å²) in [6, 6.07) is 32.1. The summed E-state index contributed by atoms with van der Waals surface area (Å²) in [5.41, 5.74) is 6.32. The summed E-state index contributed by atoms with van der Waals surface area (Å²) in [4.78, 5) is 18.4. The number of hydrogen-bond donors (Lipinski definition) is 3. The molecule has 0 aliphatic carbocycles. The normalized spacial score (nSPS) is 17.6. The van der Waals surface area contributed by atoms with Gasteiger partial charge in [-0.05, 0) is 72.2 Å². The van der Waals surface area contributed by atoms with Gasteiger partial charge in [0.15, 0.2) is 0 Å². The Morgan fingerprint density at radius 1 is 0.614 bits per heavy atom. The van der Waals surface area contributed by atoms with Crippen molar-refractivity contribution in [1.29, 1.82) is 0 Å². The van der Waals surface area contributed by atoms with Crippen molar-refractivity contribution in [3.05, 3.63) is 132 Å². The van der Waals surface area contributed by atoms with Gasteiger partial charge in [0.2, 0.25) is 0 Å². The van der Waals surface area contributed by atoms with Crippen molar-refractivity contribution < 1.29 is 9.90 Å². The Morgan fingerprint density at radius 3 is 1.52 bits per heavy atom. The number of fused-ring (bicyclic) bond motifs is 2. The monoisotopic (exact) mass is 584 g/mol. The number of aliphatic hydroxyl groups excluding tert-OH is 1. The number of nitrogens with one attached hydrogen (secondary N) is 2. The maximum Gasteiger partial charge on any atom is 0.321 e. The highest BCUT2D eigenvalue weighted by Crippen LogP contribution is 2.32. The number of aromatic nitrogens is 4. The third kappa shape index (κ3) is 5.81. The van der Waals surface area contributed by atoms with E-state index in [0.29, 0.717) is 25.9 Å². The van der Waals surface area contributed by atoms with Crippen LogP contribution in [0, 0.1) is 0 Å². The van der Waals surface area contributed by atoms with E-state index in [1.807, 2.05) is 70.5 Å². The van der Waals surface area contributed by atoms with Crippen molar-refractivity contribution in [2.75, 3.05) is 0 Å². The molecule has 0 radical (unpaired) electrons. The molecule has 3 N–H and O–H groups in total. The summed E-state index contributed by atoms with van der Waals surface area (Å²) in [6.07, 6.45) is 5.76. The molecular formula is C36H36N6O2. The number of hydrogen-bond acceptors (Lipinski definition) is 4. The number of H-pyrrole nitrogens is 2. The molecule has 1 saturated heterocycles. The molecule has 2 amide bonds. The molecule has 2 aromatic heterocycles. The van der Waals surface area contributed by atoms with E-state index < -0.39 is 6.10 Å². The zero-order chi connectivity index (χ0) is 29.9. The Hall–Kier alpha value is -4.95. The molecule has 0 unspecified atom stereocenters. The van der Waals surface area contributed by atoms with Gasteiger partial charge in [-0.15, -0.1) is 0 Å². The van der Waals surface area contributed by atoms with Crippen LogP contribution in [0.4, 0.5) is 4.79 Å². The van der Waals surface area contributed by atoms with Crippen LogP contribution in [0.15, 0.2) is 109 Å². The lowest BCUT2D eigenvalue weighted by Gasteiger charge is -2.49. The highest BCUT2D eigenvalue weighted by molar-refractivity contribution is 5.80. The Kier molecular flexibility index (Phi) is 7.81. The van der Waals surface area contributed by atoms with E-state index in [1.165, 1.54) is 11.1 Å². The fraction of sp³-hybridized carbons (Fsp3) is 0.250. The number of rotatable bonds is 10. The Balaban J connectivity index is 1.23. The molecule has 4 aromatic carbocycles. The number of aliphatic hydroxyl groups is 1. The third-order valence-electron chi connectivity index (χ3n) is 8.94. The molecule has 7 rings (SSSR count). The van der Waals surface area contributed by atoms with Crippen molar-refractivity contribution >= 4 is 27.8 Å². The van der Waals surface area contributed by atoms with Crippen LogP contribution in [0.3, 0.4) is 0 Å². The standard InChI is InChI=1S/C36H36N6O2/c43-35-33(17-13-25-7-3-1-4-8-25)41(23-27-11-15-31-29(19-27)21-37-39-31)36(44)42(34(35)18-14-26-9-5-2-6-10-26)24-28-12-16-32-30(20-28)22-38-40-32/h1-12,15-16,19-22,33-35,43H,13-14,17-18,23-24H2,(H,37,39)(H,38,40)/t33-,34-/m1/s1. The predicted molar refractivity (Wildman–Crippen MR) is 172 cm³/mol. The van der Waals surface area contributed by atoms with E-state index in [2.05, 4.69) is 56.8 Å². The summed E-state index contributed by atoms with van der Waals surface area (Å²) in [5, 5.41) is 28.6. The van der Waals surface area contributed by atoms with Crippen LogP contribution in [-0.2, 0) is 25.9 Å². The lowest BCUT2D eigenvalue weighted by molar-refractivity contribution is -0.0477. The van der Waals surface area contributed by atoms with Crippen molar-refractivity contribution in [1.82, 2.24) is 30.2 Å². The Labute approximate surface area is 256 Å². The topological polar surface area (TPSA) is 101 Å². The molecule has 8 nitrogen and oxygen atoms in total. The Bertz CT molecular complexity index is 1720. The SMILES string of the molecule is O=C1N(Cc2ccc3[nH]ncc3c2)[C@H](CCc2ccccc2)C(O)[C@@H](CCc2ccccc2)N1Cc1ccc2[nH]ncc2c1. The second-order valence-corrected chi connectivity index (χ2v) is 11.8. The molecule has 8 heteroatoms. The largest absolute Gasteiger partial charge is 0.389 e. The smallest absolute Gasteiger partial charge is 0.321 e. The second-order valence-electron chi connectivity index (χ2n) is 11.8. The molecule has 1 aliphatic rings. The number of nitrogens with zero attached hydrogens (tertiary/aromatic N) is 4. The summed E-state index contributed by atoms with van der Waals surface area (Å²) in [6.45, 7) is 0.804. The minimum absolute atomic E-state index is 0.0500. The van der Waals surface area contributed by atoms with Gasteiger partial charge in [0.05, 0.1) is 41.6 Å². The predicted octanol–water partition coefficient (Wildman–Crippen LogP) is 6.24. The van der Waals surface area contributed by atoms with E-state index >= 15 is 0 Å². The van der Waals surface area contributed by atoms with Crippen LogP contribution >= 0.6 is 0 Å². The second kappa shape index (κ2) is 12.3. The molecule has 0 saturated carbocycles. The summed E-state index contributed by atoms with van der Waals surface area (Å²) >= 11 is 0. The van der Waals surface area contributed by atoms with Crippen LogP contribution < -0.4 is 0 Å². The van der Waals surface area contributed by atoms with Crippen LogP contribution in [0.5, 0.6) is 0 Å². The number of urea groups is 1. The van der Waals surface area contributed by atoms with Gasteiger partial charge in [0.25, 0.3) is 0 Å². The van der Waals surface area contributed by atoms with Crippen molar-refractivity contribution in [2.45, 2.75) is 57.0 Å². The molecule has 44 heavy (non-hydrogen) atoms. The van der Waals surface area contributed by atoms with E-state index in [1.54, 1.807) is 12.4 Å². The first kappa shape index (κ1) is 27.9. The fourth-order valence-corrected chi connectivity index (χ4v) is 6.59. The number of aromatic amines is 2. The van der Waals surface area contributed by atoms with Gasteiger partial charge in [-0.1, -0.05) is 72.8 Å². The van der Waals surface area contributed by atoms with Crippen molar-refractivity contribution in [2.24, 2.45) is 0 Å². The first-order valence-corrected chi connectivity index (χ1v) is 15.3. The van der Waals surface area contributed by atoms with Crippen LogP contribution in [0.2, 0.25) is 0 Å². The average molecular weight is 585 g/mol. The van der Waals surface area contributed by atoms with E-state index in [0.717, 1.165) is 45.8 Å². The number of aryl methyl sites for hydroxylation is 2. The van der Waals surface area contributed by atoms with Gasteiger partial charge in [0.1, 0.15) is 0 Å². The van der Waals surface area contributed by atoms with E-state index in [4.69, 9.17) is 0 Å². The molecule has 1 fully saturated rings. The van der Waals surface area contributed by atoms with Crippen LogP contribution in [-0.4, -0.2) is 59.5 Å². The minimum Gasteiger partial charge on any atom is -0.389 e. The lowest BCUT2D eigenvalue weighted by atomic mass is 9.88. The molecule has 3 heterocycles. The van der Waals surface area contributed by atoms with Gasteiger partial charge in [-0.3, -0.25) is 10.2 Å². The molecule has 0 spiro atoms. The molecular weight excluding hydrogens is 548 g/mol. The van der Waals surface area contributed by atoms with Gasteiger partial charge in [-0.2, -0.15) is 10.2 Å². The van der Waals surface area contributed by atoms with E-state index in [9.17, 15) is 9.90 Å². The van der Waals surface area contributed by atoms with Crippen LogP contribution in [0.25, 0.3) is 21.8 Å². The first-order valence-electron chi connectivity index (χ1n) is 15.3. The molecule has 2 atom stereocenters. The minimum atomic E-state index is -0.726. The highest BCUT2D eigenvalue weighted by Gasteiger charge is 2.45. The maximum absolute atomic E-state index is 14.7. The highest BCUT2D eigenvalue weighted by atomic mass is 16.3. The number of benzene rings is 4. The maximum atomic E-state index is 14.7. The zero-order valence-corrected chi connectivity index (χ0v) is 24.5. The van der Waals surface area contributed by atoms with Gasteiger partial charge < -0.3 is 14.9 Å². The molecule has 1 aliphatic heterocycles. The zero-order valence-electron chi connectivity index (χ0n) is 24.5. The average Bonchev–Trinajstić information content (AvgIpc) is 3.73.